The Morgan fingerprint density at radius 3 is 2.23 bits per heavy atom. The second-order valence-electron chi connectivity index (χ2n) is 10.1. The molecule has 40 heavy (non-hydrogen) atoms. The zero-order chi connectivity index (χ0) is 27.9. The molecule has 4 atom stereocenters. The van der Waals surface area contributed by atoms with Crippen molar-refractivity contribution in [1.29, 1.82) is 0 Å². The van der Waals surface area contributed by atoms with Gasteiger partial charge in [-0.2, -0.15) is 0 Å². The second-order valence-corrected chi connectivity index (χ2v) is 11.2. The highest BCUT2D eigenvalue weighted by Crippen LogP contribution is 2.43. The van der Waals surface area contributed by atoms with Crippen LogP contribution in [0.2, 0.25) is 0 Å². The minimum atomic E-state index is -0.510. The van der Waals surface area contributed by atoms with E-state index in [9.17, 15) is 9.90 Å². The van der Waals surface area contributed by atoms with E-state index in [0.29, 0.717) is 6.54 Å². The highest BCUT2D eigenvalue weighted by Gasteiger charge is 2.38. The number of amides is 1. The Morgan fingerprint density at radius 2 is 1.52 bits per heavy atom. The minimum absolute atomic E-state index is 0.0176. The fourth-order valence-electron chi connectivity index (χ4n) is 5.00. The van der Waals surface area contributed by atoms with Crippen LogP contribution in [-0.2, 0) is 27.4 Å². The zero-order valence-electron chi connectivity index (χ0n) is 22.8. The summed E-state index contributed by atoms with van der Waals surface area (Å²) in [6, 6.07) is 34.8. The largest absolute Gasteiger partial charge is 0.392 e. The maximum Gasteiger partial charge on any atom is 0.217 e. The molecule has 4 aromatic carbocycles. The Morgan fingerprint density at radius 1 is 0.850 bits per heavy atom. The Labute approximate surface area is 240 Å². The molecule has 6 heteroatoms. The van der Waals surface area contributed by atoms with Crippen molar-refractivity contribution in [3.05, 3.63) is 125 Å². The van der Waals surface area contributed by atoms with Gasteiger partial charge in [0, 0.05) is 35.6 Å². The molecule has 5 nitrogen and oxygen atoms in total. The van der Waals surface area contributed by atoms with Crippen LogP contribution >= 0.6 is 11.8 Å². The lowest BCUT2D eigenvalue weighted by atomic mass is 9.91. The number of hydrogen-bond donors (Lipinski definition) is 2. The average molecular weight is 554 g/mol. The predicted octanol–water partition coefficient (Wildman–Crippen LogP) is 7.07. The van der Waals surface area contributed by atoms with E-state index in [2.05, 4.69) is 66.8 Å². The summed E-state index contributed by atoms with van der Waals surface area (Å²) in [7, 11) is 0. The highest BCUT2D eigenvalue weighted by atomic mass is 32.2. The van der Waals surface area contributed by atoms with Crippen molar-refractivity contribution >= 4 is 17.7 Å². The van der Waals surface area contributed by atoms with E-state index in [1.54, 1.807) is 11.8 Å². The molecular formula is C34H35NO4S. The van der Waals surface area contributed by atoms with Gasteiger partial charge in [-0.25, -0.2) is 0 Å². The van der Waals surface area contributed by atoms with Crippen molar-refractivity contribution in [2.24, 2.45) is 5.92 Å². The first-order chi connectivity index (χ1) is 19.5. The summed E-state index contributed by atoms with van der Waals surface area (Å²) in [5.41, 5.74) is 6.14. The third kappa shape index (κ3) is 6.83. The van der Waals surface area contributed by atoms with Crippen LogP contribution in [0.3, 0.4) is 0 Å². The first kappa shape index (κ1) is 28.1. The molecule has 1 fully saturated rings. The van der Waals surface area contributed by atoms with Crippen LogP contribution in [0.15, 0.2) is 108 Å². The normalized spacial score (nSPS) is 20.7. The van der Waals surface area contributed by atoms with Crippen LogP contribution in [0.1, 0.15) is 48.5 Å². The molecular weight excluding hydrogens is 518 g/mol. The van der Waals surface area contributed by atoms with E-state index in [0.717, 1.165) is 39.1 Å². The molecule has 0 unspecified atom stereocenters. The van der Waals surface area contributed by atoms with Gasteiger partial charge in [0.1, 0.15) is 0 Å². The van der Waals surface area contributed by atoms with Crippen molar-refractivity contribution in [2.75, 3.05) is 5.75 Å². The second kappa shape index (κ2) is 13.3. The van der Waals surface area contributed by atoms with Crippen molar-refractivity contribution in [3.63, 3.8) is 0 Å². The third-order valence-electron chi connectivity index (χ3n) is 7.32. The third-order valence-corrected chi connectivity index (χ3v) is 8.42. The zero-order valence-corrected chi connectivity index (χ0v) is 23.6. The van der Waals surface area contributed by atoms with Gasteiger partial charge in [0.15, 0.2) is 6.29 Å². The van der Waals surface area contributed by atoms with Crippen LogP contribution in [0.5, 0.6) is 0 Å². The molecule has 0 saturated carbocycles. The van der Waals surface area contributed by atoms with E-state index in [-0.39, 0.29) is 30.6 Å². The molecule has 4 aromatic rings. The first-order valence-corrected chi connectivity index (χ1v) is 14.6. The first-order valence-electron chi connectivity index (χ1n) is 13.6. The van der Waals surface area contributed by atoms with E-state index < -0.39 is 6.29 Å². The van der Waals surface area contributed by atoms with Crippen molar-refractivity contribution < 1.29 is 19.4 Å². The fourth-order valence-corrected chi connectivity index (χ4v) is 6.09. The van der Waals surface area contributed by atoms with Gasteiger partial charge in [-0.05, 0) is 39.9 Å². The van der Waals surface area contributed by atoms with Crippen LogP contribution in [0.4, 0.5) is 0 Å². The number of aliphatic hydroxyl groups is 1. The maximum atomic E-state index is 11.5. The summed E-state index contributed by atoms with van der Waals surface area (Å²) in [5, 5.41) is 12.4. The summed E-state index contributed by atoms with van der Waals surface area (Å²) in [5.74, 6) is 0.893. The minimum Gasteiger partial charge on any atom is -0.392 e. The molecule has 0 spiro atoms. The molecule has 1 saturated heterocycles. The summed E-state index contributed by atoms with van der Waals surface area (Å²) in [6.45, 7) is 4.22. The van der Waals surface area contributed by atoms with Gasteiger partial charge in [0.2, 0.25) is 5.91 Å². The lowest BCUT2D eigenvalue weighted by molar-refractivity contribution is -0.268. The number of nitrogens with one attached hydrogen (secondary N) is 1. The molecule has 1 aliphatic rings. The Bertz CT molecular complexity index is 1390. The number of thioether (sulfide) groups is 1. The van der Waals surface area contributed by atoms with Crippen LogP contribution < -0.4 is 5.32 Å². The standard InChI is InChI=1S/C34H35NO4S/c1-23-32(22-40-30-9-4-3-5-10-30)38-34(39-33(23)27-14-12-25(21-36)13-15-27)28-18-16-26(17-19-28)31-11-7-6-8-29(31)20-35-24(2)37/h3-19,23,32-34,36H,20-22H2,1-2H3,(H,35,37)/t23-,32+,33+,34+/m1/s1. The predicted molar refractivity (Wildman–Crippen MR) is 160 cm³/mol. The van der Waals surface area contributed by atoms with E-state index >= 15 is 0 Å². The number of hydrogen-bond acceptors (Lipinski definition) is 5. The number of ether oxygens (including phenoxy) is 2. The van der Waals surface area contributed by atoms with E-state index in [1.807, 2.05) is 48.5 Å². The average Bonchev–Trinajstić information content (AvgIpc) is 3.00. The lowest BCUT2D eigenvalue weighted by Crippen LogP contribution is -2.38. The van der Waals surface area contributed by atoms with Crippen LogP contribution in [0.25, 0.3) is 11.1 Å². The molecule has 1 aliphatic heterocycles. The van der Waals surface area contributed by atoms with Gasteiger partial charge >= 0.3 is 0 Å². The van der Waals surface area contributed by atoms with Gasteiger partial charge in [-0.1, -0.05) is 97.9 Å². The Hall–Kier alpha value is -3.42. The number of carbonyl (C=O) groups excluding carboxylic acids is 1. The molecule has 1 amide bonds. The number of aliphatic hydroxyl groups excluding tert-OH is 1. The van der Waals surface area contributed by atoms with Gasteiger partial charge in [0.25, 0.3) is 0 Å². The van der Waals surface area contributed by atoms with Gasteiger partial charge < -0.3 is 19.9 Å². The molecule has 5 rings (SSSR count). The number of carbonyl (C=O) groups is 1. The smallest absolute Gasteiger partial charge is 0.217 e. The van der Waals surface area contributed by atoms with E-state index in [4.69, 9.17) is 9.47 Å². The molecule has 0 radical (unpaired) electrons. The maximum absolute atomic E-state index is 11.5. The Kier molecular flexibility index (Phi) is 9.34. The summed E-state index contributed by atoms with van der Waals surface area (Å²) in [4.78, 5) is 12.7. The van der Waals surface area contributed by atoms with Crippen molar-refractivity contribution in [2.45, 2.75) is 50.4 Å². The summed E-state index contributed by atoms with van der Waals surface area (Å²) >= 11 is 1.80. The quantitative estimate of drug-likeness (QED) is 0.217. The molecule has 2 N–H and O–H groups in total. The lowest BCUT2D eigenvalue weighted by Gasteiger charge is -2.41. The molecule has 0 bridgehead atoms. The van der Waals surface area contributed by atoms with Crippen molar-refractivity contribution in [3.8, 4) is 11.1 Å². The van der Waals surface area contributed by atoms with Crippen molar-refractivity contribution in [1.82, 2.24) is 5.32 Å². The fraction of sp³-hybridized carbons (Fsp3) is 0.265. The topological polar surface area (TPSA) is 67.8 Å². The summed E-state index contributed by atoms with van der Waals surface area (Å²) in [6.07, 6.45) is -0.681. The molecule has 0 aliphatic carbocycles. The van der Waals surface area contributed by atoms with Crippen LogP contribution in [-0.4, -0.2) is 22.9 Å². The Balaban J connectivity index is 1.39. The molecule has 0 aromatic heterocycles. The molecule has 206 valence electrons. The number of benzene rings is 4. The van der Waals surface area contributed by atoms with Gasteiger partial charge in [-0.3, -0.25) is 4.79 Å². The van der Waals surface area contributed by atoms with Gasteiger partial charge in [0.05, 0.1) is 18.8 Å². The van der Waals surface area contributed by atoms with Gasteiger partial charge in [-0.15, -0.1) is 11.8 Å². The van der Waals surface area contributed by atoms with Crippen LogP contribution in [0, 0.1) is 5.92 Å². The summed E-state index contributed by atoms with van der Waals surface area (Å²) < 4.78 is 13.2. The van der Waals surface area contributed by atoms with E-state index in [1.165, 1.54) is 11.8 Å². The number of rotatable bonds is 9. The monoisotopic (exact) mass is 553 g/mol. The molecule has 1 heterocycles. The highest BCUT2D eigenvalue weighted by molar-refractivity contribution is 7.99. The SMILES string of the molecule is CC(=O)NCc1ccccc1-c1ccc([C@H]2O[C@@H](CSc3ccccc3)[C@@H](C)[C@@H](c3ccc(CO)cc3)O2)cc1.